The molecule has 2 aromatic rings. The summed E-state index contributed by atoms with van der Waals surface area (Å²) in [7, 11) is 0. The highest BCUT2D eigenvalue weighted by atomic mass is 15.0. The standard InChI is InChI=1S/C16H22N4/c1-5-17-15-9-14(8-11(2)3)19-16(20-15)13-7-6-12(4)18-10-13/h6-7,9-11H,5,8H2,1-4H3,(H,17,19,20). The molecule has 0 fully saturated rings. The van der Waals surface area contributed by atoms with Crippen molar-refractivity contribution in [1.29, 1.82) is 0 Å². The monoisotopic (exact) mass is 270 g/mol. The largest absolute Gasteiger partial charge is 0.370 e. The quantitative estimate of drug-likeness (QED) is 0.903. The number of hydrogen-bond donors (Lipinski definition) is 1. The maximum absolute atomic E-state index is 4.66. The lowest BCUT2D eigenvalue weighted by atomic mass is 10.1. The van der Waals surface area contributed by atoms with Crippen LogP contribution in [-0.4, -0.2) is 21.5 Å². The van der Waals surface area contributed by atoms with Gasteiger partial charge in [0.25, 0.3) is 0 Å². The number of aromatic nitrogens is 3. The normalized spacial score (nSPS) is 10.8. The van der Waals surface area contributed by atoms with E-state index >= 15 is 0 Å². The van der Waals surface area contributed by atoms with Crippen molar-refractivity contribution >= 4 is 5.82 Å². The van der Waals surface area contributed by atoms with Crippen LogP contribution in [0.1, 0.15) is 32.2 Å². The summed E-state index contributed by atoms with van der Waals surface area (Å²) >= 11 is 0. The highest BCUT2D eigenvalue weighted by Gasteiger charge is 2.08. The third-order valence-corrected chi connectivity index (χ3v) is 2.92. The van der Waals surface area contributed by atoms with E-state index < -0.39 is 0 Å². The molecule has 0 radical (unpaired) electrons. The van der Waals surface area contributed by atoms with Gasteiger partial charge >= 0.3 is 0 Å². The van der Waals surface area contributed by atoms with E-state index in [1.807, 2.05) is 31.3 Å². The van der Waals surface area contributed by atoms with Gasteiger partial charge in [-0.1, -0.05) is 13.8 Å². The fraction of sp³-hybridized carbons (Fsp3) is 0.438. The van der Waals surface area contributed by atoms with Crippen molar-refractivity contribution in [3.8, 4) is 11.4 Å². The molecular weight excluding hydrogens is 248 g/mol. The Morgan fingerprint density at radius 1 is 1.20 bits per heavy atom. The maximum atomic E-state index is 4.66. The molecule has 1 N–H and O–H groups in total. The van der Waals surface area contributed by atoms with Gasteiger partial charge in [0.15, 0.2) is 5.82 Å². The number of rotatable bonds is 5. The number of nitrogens with one attached hydrogen (secondary N) is 1. The van der Waals surface area contributed by atoms with Crippen molar-refractivity contribution < 1.29 is 0 Å². The van der Waals surface area contributed by atoms with Gasteiger partial charge in [0, 0.05) is 35.8 Å². The molecule has 0 aromatic carbocycles. The second kappa shape index (κ2) is 6.46. The Bertz CT molecular complexity index is 561. The summed E-state index contributed by atoms with van der Waals surface area (Å²) in [5, 5.41) is 3.27. The lowest BCUT2D eigenvalue weighted by Gasteiger charge is -2.10. The van der Waals surface area contributed by atoms with Crippen LogP contribution in [0.25, 0.3) is 11.4 Å². The smallest absolute Gasteiger partial charge is 0.163 e. The molecule has 0 bridgehead atoms. The fourth-order valence-electron chi connectivity index (χ4n) is 2.02. The van der Waals surface area contributed by atoms with Gasteiger partial charge < -0.3 is 5.32 Å². The van der Waals surface area contributed by atoms with Gasteiger partial charge in [-0.3, -0.25) is 4.98 Å². The van der Waals surface area contributed by atoms with Crippen molar-refractivity contribution in [1.82, 2.24) is 15.0 Å². The fourth-order valence-corrected chi connectivity index (χ4v) is 2.02. The van der Waals surface area contributed by atoms with Gasteiger partial charge in [0.2, 0.25) is 0 Å². The molecule has 0 unspecified atom stereocenters. The molecule has 2 aromatic heterocycles. The molecule has 20 heavy (non-hydrogen) atoms. The van der Waals surface area contributed by atoms with Crippen LogP contribution in [-0.2, 0) is 6.42 Å². The summed E-state index contributed by atoms with van der Waals surface area (Å²) in [5.41, 5.74) is 3.03. The lowest BCUT2D eigenvalue weighted by molar-refractivity contribution is 0.635. The minimum Gasteiger partial charge on any atom is -0.370 e. The van der Waals surface area contributed by atoms with Gasteiger partial charge in [0.1, 0.15) is 5.82 Å². The first-order valence-corrected chi connectivity index (χ1v) is 7.13. The first-order valence-electron chi connectivity index (χ1n) is 7.13. The van der Waals surface area contributed by atoms with Crippen molar-refractivity contribution in [3.63, 3.8) is 0 Å². The number of nitrogens with zero attached hydrogens (tertiary/aromatic N) is 3. The van der Waals surface area contributed by atoms with Gasteiger partial charge in [-0.25, -0.2) is 9.97 Å². The van der Waals surface area contributed by atoms with E-state index in [0.29, 0.717) is 5.92 Å². The molecule has 0 aliphatic heterocycles. The van der Waals surface area contributed by atoms with E-state index in [1.165, 1.54) is 0 Å². The molecule has 2 heterocycles. The Hall–Kier alpha value is -1.97. The van der Waals surface area contributed by atoms with E-state index in [0.717, 1.165) is 41.6 Å². The van der Waals surface area contributed by atoms with Gasteiger partial charge in [-0.2, -0.15) is 0 Å². The third kappa shape index (κ3) is 3.76. The summed E-state index contributed by atoms with van der Waals surface area (Å²) < 4.78 is 0. The van der Waals surface area contributed by atoms with Crippen molar-refractivity contribution in [2.45, 2.75) is 34.1 Å². The summed E-state index contributed by atoms with van der Waals surface area (Å²) in [6.07, 6.45) is 2.78. The molecule has 0 aliphatic rings. The van der Waals surface area contributed by atoms with Crippen LogP contribution < -0.4 is 5.32 Å². The maximum Gasteiger partial charge on any atom is 0.163 e. The number of aryl methyl sites for hydroxylation is 1. The number of hydrogen-bond acceptors (Lipinski definition) is 4. The molecule has 106 valence electrons. The van der Waals surface area contributed by atoms with Crippen molar-refractivity contribution in [2.75, 3.05) is 11.9 Å². The summed E-state index contributed by atoms with van der Waals surface area (Å²) in [5.74, 6) is 2.20. The molecule has 2 rings (SSSR count). The van der Waals surface area contributed by atoms with Gasteiger partial charge in [0.05, 0.1) is 0 Å². The Balaban J connectivity index is 2.40. The van der Waals surface area contributed by atoms with E-state index in [-0.39, 0.29) is 0 Å². The molecular formula is C16H22N4. The molecule has 0 atom stereocenters. The zero-order valence-electron chi connectivity index (χ0n) is 12.6. The number of anilines is 1. The highest BCUT2D eigenvalue weighted by Crippen LogP contribution is 2.19. The minimum absolute atomic E-state index is 0.573. The van der Waals surface area contributed by atoms with Gasteiger partial charge in [-0.15, -0.1) is 0 Å². The lowest BCUT2D eigenvalue weighted by Crippen LogP contribution is -2.06. The van der Waals surface area contributed by atoms with E-state index in [2.05, 4.69) is 41.0 Å². The first kappa shape index (κ1) is 14.4. The van der Waals surface area contributed by atoms with Crippen LogP contribution in [0.3, 0.4) is 0 Å². The second-order valence-electron chi connectivity index (χ2n) is 5.38. The molecule has 0 amide bonds. The predicted molar refractivity (Wildman–Crippen MR) is 82.7 cm³/mol. The van der Waals surface area contributed by atoms with Crippen LogP contribution in [0.5, 0.6) is 0 Å². The number of pyridine rings is 1. The first-order chi connectivity index (χ1) is 9.58. The van der Waals surface area contributed by atoms with E-state index in [1.54, 1.807) is 0 Å². The Morgan fingerprint density at radius 2 is 2.00 bits per heavy atom. The van der Waals surface area contributed by atoms with Gasteiger partial charge in [-0.05, 0) is 38.3 Å². The second-order valence-corrected chi connectivity index (χ2v) is 5.38. The van der Waals surface area contributed by atoms with Crippen molar-refractivity contribution in [3.05, 3.63) is 35.8 Å². The van der Waals surface area contributed by atoms with Crippen LogP contribution >= 0.6 is 0 Å². The van der Waals surface area contributed by atoms with Crippen LogP contribution in [0, 0.1) is 12.8 Å². The minimum atomic E-state index is 0.573. The summed E-state index contributed by atoms with van der Waals surface area (Å²) in [4.78, 5) is 13.6. The molecule has 0 saturated carbocycles. The third-order valence-electron chi connectivity index (χ3n) is 2.92. The van der Waals surface area contributed by atoms with Crippen LogP contribution in [0.4, 0.5) is 5.82 Å². The topological polar surface area (TPSA) is 50.7 Å². The van der Waals surface area contributed by atoms with E-state index in [4.69, 9.17) is 0 Å². The molecule has 0 spiro atoms. The van der Waals surface area contributed by atoms with Crippen LogP contribution in [0.15, 0.2) is 24.4 Å². The van der Waals surface area contributed by atoms with Crippen LogP contribution in [0.2, 0.25) is 0 Å². The van der Waals surface area contributed by atoms with Crippen molar-refractivity contribution in [2.24, 2.45) is 5.92 Å². The summed E-state index contributed by atoms with van der Waals surface area (Å²) in [6.45, 7) is 9.29. The SMILES string of the molecule is CCNc1cc(CC(C)C)nc(-c2ccc(C)nc2)n1. The molecule has 0 saturated heterocycles. The van der Waals surface area contributed by atoms with E-state index in [9.17, 15) is 0 Å². The average molecular weight is 270 g/mol. The predicted octanol–water partition coefficient (Wildman–Crippen LogP) is 3.48. The highest BCUT2D eigenvalue weighted by molar-refractivity contribution is 5.56. The zero-order valence-corrected chi connectivity index (χ0v) is 12.6. The molecule has 0 aliphatic carbocycles. The Kier molecular flexibility index (Phi) is 4.66. The zero-order chi connectivity index (χ0) is 14.5. The Morgan fingerprint density at radius 3 is 2.60 bits per heavy atom. The Labute approximate surface area is 120 Å². The molecule has 4 heteroatoms. The molecule has 4 nitrogen and oxygen atoms in total. The summed E-state index contributed by atoms with van der Waals surface area (Å²) in [6, 6.07) is 6.04. The average Bonchev–Trinajstić information content (AvgIpc) is 2.38.